The van der Waals surface area contributed by atoms with Crippen LogP contribution < -0.4 is 0 Å². The molecule has 64 valence electrons. The maximum atomic E-state index is 13.2. The van der Waals surface area contributed by atoms with E-state index in [1.165, 1.54) is 0 Å². The molecule has 0 rings (SSSR count). The van der Waals surface area contributed by atoms with Crippen LogP contribution in [0.1, 0.15) is 40.0 Å². The molecule has 0 aromatic carbocycles. The van der Waals surface area contributed by atoms with Gasteiger partial charge in [-0.05, 0) is 30.9 Å². The summed E-state index contributed by atoms with van der Waals surface area (Å²) >= 11 is 0. The lowest BCUT2D eigenvalue weighted by atomic mass is 10.1. The fraction of sp³-hybridized carbons (Fsp3) is 0.600. The Bertz CT molecular complexity index is 166. The summed E-state index contributed by atoms with van der Waals surface area (Å²) in [5, 5.41) is 0. The standard InChI is InChI=1S/C10H17F/c1-5-7-9(4)10(11)8(3)6-2/h3,5-7H2,1-2,4H3/b10-9+. The van der Waals surface area contributed by atoms with Crippen LogP contribution in [0, 0.1) is 0 Å². The first-order chi connectivity index (χ1) is 5.13. The lowest BCUT2D eigenvalue weighted by molar-refractivity contribution is 0.621. The minimum absolute atomic E-state index is 0.0886. The molecule has 0 heterocycles. The summed E-state index contributed by atoms with van der Waals surface area (Å²) in [7, 11) is 0. The minimum Gasteiger partial charge on any atom is -0.207 e. The van der Waals surface area contributed by atoms with Crippen molar-refractivity contribution < 1.29 is 4.39 Å². The zero-order valence-corrected chi connectivity index (χ0v) is 7.71. The van der Waals surface area contributed by atoms with Crippen LogP contribution in [0.5, 0.6) is 0 Å². The van der Waals surface area contributed by atoms with Crippen molar-refractivity contribution in [3.63, 3.8) is 0 Å². The van der Waals surface area contributed by atoms with Crippen molar-refractivity contribution in [2.45, 2.75) is 40.0 Å². The van der Waals surface area contributed by atoms with Crippen molar-refractivity contribution in [3.8, 4) is 0 Å². The van der Waals surface area contributed by atoms with Gasteiger partial charge in [0.25, 0.3) is 0 Å². The normalized spacial score (nSPS) is 12.7. The van der Waals surface area contributed by atoms with Gasteiger partial charge in [0.1, 0.15) is 5.83 Å². The van der Waals surface area contributed by atoms with Crippen LogP contribution in [-0.4, -0.2) is 0 Å². The molecule has 0 spiro atoms. The summed E-state index contributed by atoms with van der Waals surface area (Å²) in [5.74, 6) is -0.0886. The predicted octanol–water partition coefficient (Wildman–Crippen LogP) is 4.00. The van der Waals surface area contributed by atoms with Crippen LogP contribution in [0.2, 0.25) is 0 Å². The van der Waals surface area contributed by atoms with Crippen molar-refractivity contribution >= 4 is 0 Å². The highest BCUT2D eigenvalue weighted by Gasteiger charge is 2.02. The smallest absolute Gasteiger partial charge is 0.124 e. The topological polar surface area (TPSA) is 0 Å². The van der Waals surface area contributed by atoms with Crippen molar-refractivity contribution in [2.75, 3.05) is 0 Å². The third-order valence-corrected chi connectivity index (χ3v) is 1.74. The summed E-state index contributed by atoms with van der Waals surface area (Å²) in [6.45, 7) is 9.44. The second kappa shape index (κ2) is 5.11. The van der Waals surface area contributed by atoms with Gasteiger partial charge in [0.15, 0.2) is 0 Å². The van der Waals surface area contributed by atoms with E-state index in [9.17, 15) is 4.39 Å². The number of rotatable bonds is 4. The van der Waals surface area contributed by atoms with Gasteiger partial charge in [-0.1, -0.05) is 26.8 Å². The van der Waals surface area contributed by atoms with Gasteiger partial charge in [0.05, 0.1) is 0 Å². The van der Waals surface area contributed by atoms with Crippen LogP contribution in [-0.2, 0) is 0 Å². The second-order valence-corrected chi connectivity index (χ2v) is 2.80. The molecule has 0 aromatic rings. The molecule has 0 aromatic heterocycles. The Hall–Kier alpha value is -0.590. The molecule has 0 saturated carbocycles. The molecule has 0 unspecified atom stereocenters. The molecule has 0 aliphatic heterocycles. The monoisotopic (exact) mass is 156 g/mol. The van der Waals surface area contributed by atoms with Crippen LogP contribution in [0.15, 0.2) is 23.6 Å². The maximum Gasteiger partial charge on any atom is 0.124 e. The molecule has 0 amide bonds. The van der Waals surface area contributed by atoms with Crippen molar-refractivity contribution in [1.29, 1.82) is 0 Å². The van der Waals surface area contributed by atoms with E-state index in [-0.39, 0.29) is 5.83 Å². The SMILES string of the molecule is C=C(CC)/C(F)=C(/C)CCC. The summed E-state index contributed by atoms with van der Waals surface area (Å²) in [6, 6.07) is 0. The van der Waals surface area contributed by atoms with Crippen molar-refractivity contribution in [1.82, 2.24) is 0 Å². The summed E-state index contributed by atoms with van der Waals surface area (Å²) in [4.78, 5) is 0. The van der Waals surface area contributed by atoms with Gasteiger partial charge in [-0.25, -0.2) is 4.39 Å². The Kier molecular flexibility index (Phi) is 4.84. The second-order valence-electron chi connectivity index (χ2n) is 2.80. The van der Waals surface area contributed by atoms with Gasteiger partial charge in [0.2, 0.25) is 0 Å². The van der Waals surface area contributed by atoms with E-state index in [0.717, 1.165) is 18.4 Å². The molecular weight excluding hydrogens is 139 g/mol. The van der Waals surface area contributed by atoms with Crippen LogP contribution in [0.4, 0.5) is 4.39 Å². The average molecular weight is 156 g/mol. The highest BCUT2D eigenvalue weighted by molar-refractivity contribution is 5.26. The Morgan fingerprint density at radius 1 is 1.36 bits per heavy atom. The Morgan fingerprint density at radius 2 is 1.91 bits per heavy atom. The Balaban J connectivity index is 4.26. The molecular formula is C10H17F. The van der Waals surface area contributed by atoms with E-state index in [1.807, 2.05) is 20.8 Å². The first kappa shape index (κ1) is 10.4. The van der Waals surface area contributed by atoms with E-state index in [4.69, 9.17) is 0 Å². The van der Waals surface area contributed by atoms with Gasteiger partial charge in [-0.3, -0.25) is 0 Å². The van der Waals surface area contributed by atoms with Gasteiger partial charge >= 0.3 is 0 Å². The number of halogens is 1. The van der Waals surface area contributed by atoms with Gasteiger partial charge < -0.3 is 0 Å². The highest BCUT2D eigenvalue weighted by atomic mass is 19.1. The maximum absolute atomic E-state index is 13.2. The zero-order chi connectivity index (χ0) is 8.85. The Morgan fingerprint density at radius 3 is 2.27 bits per heavy atom. The van der Waals surface area contributed by atoms with Crippen molar-refractivity contribution in [2.24, 2.45) is 0 Å². The molecule has 0 nitrogen and oxygen atoms in total. The molecule has 0 atom stereocenters. The Labute approximate surface area is 68.8 Å². The van der Waals surface area contributed by atoms with E-state index in [2.05, 4.69) is 6.58 Å². The molecule has 0 N–H and O–H groups in total. The summed E-state index contributed by atoms with van der Waals surface area (Å²) in [6.07, 6.45) is 2.54. The summed E-state index contributed by atoms with van der Waals surface area (Å²) in [5.41, 5.74) is 1.45. The first-order valence-corrected chi connectivity index (χ1v) is 4.16. The third kappa shape index (κ3) is 3.35. The van der Waals surface area contributed by atoms with E-state index < -0.39 is 0 Å². The summed E-state index contributed by atoms with van der Waals surface area (Å²) < 4.78 is 13.2. The molecule has 0 aliphatic rings. The fourth-order valence-corrected chi connectivity index (χ4v) is 0.942. The van der Waals surface area contributed by atoms with E-state index in [0.29, 0.717) is 12.0 Å². The molecule has 0 fully saturated rings. The van der Waals surface area contributed by atoms with Gasteiger partial charge in [0, 0.05) is 0 Å². The number of hydrogen-bond acceptors (Lipinski definition) is 0. The molecule has 0 radical (unpaired) electrons. The third-order valence-electron chi connectivity index (χ3n) is 1.74. The largest absolute Gasteiger partial charge is 0.207 e. The van der Waals surface area contributed by atoms with Gasteiger partial charge in [-0.2, -0.15) is 0 Å². The van der Waals surface area contributed by atoms with Crippen LogP contribution in [0.3, 0.4) is 0 Å². The van der Waals surface area contributed by atoms with E-state index in [1.54, 1.807) is 0 Å². The van der Waals surface area contributed by atoms with Crippen LogP contribution >= 0.6 is 0 Å². The highest BCUT2D eigenvalue weighted by Crippen LogP contribution is 2.20. The number of hydrogen-bond donors (Lipinski definition) is 0. The minimum atomic E-state index is -0.0886. The molecule has 0 aliphatic carbocycles. The molecule has 1 heteroatoms. The molecule has 0 saturated heterocycles. The zero-order valence-electron chi connectivity index (χ0n) is 7.71. The lowest BCUT2D eigenvalue weighted by Gasteiger charge is -2.03. The predicted molar refractivity (Wildman–Crippen MR) is 48.1 cm³/mol. The van der Waals surface area contributed by atoms with Crippen molar-refractivity contribution in [3.05, 3.63) is 23.6 Å². The average Bonchev–Trinajstić information content (AvgIpc) is 2.02. The fourth-order valence-electron chi connectivity index (χ4n) is 0.942. The molecule has 11 heavy (non-hydrogen) atoms. The number of allylic oxidation sites excluding steroid dienone is 3. The van der Waals surface area contributed by atoms with Crippen LogP contribution in [0.25, 0.3) is 0 Å². The lowest BCUT2D eigenvalue weighted by Crippen LogP contribution is -1.85. The van der Waals surface area contributed by atoms with Gasteiger partial charge in [-0.15, -0.1) is 0 Å². The quantitative estimate of drug-likeness (QED) is 0.540. The molecule has 0 bridgehead atoms. The van der Waals surface area contributed by atoms with E-state index >= 15 is 0 Å². The first-order valence-electron chi connectivity index (χ1n) is 4.16.